The Hall–Kier alpha value is -4.34. The summed E-state index contributed by atoms with van der Waals surface area (Å²) in [7, 11) is 2.88. The summed E-state index contributed by atoms with van der Waals surface area (Å²) in [4.78, 5) is 50.2. The van der Waals surface area contributed by atoms with Crippen molar-refractivity contribution >= 4 is 23.6 Å². The average molecular weight is 812 g/mol. The molecule has 0 spiro atoms. The number of aliphatic hydroxyl groups excluding tert-OH is 1. The van der Waals surface area contributed by atoms with E-state index in [1.54, 1.807) is 26.0 Å². The number of allylic oxidation sites excluding steroid dienone is 6. The second-order valence-corrected chi connectivity index (χ2v) is 10.2. The Kier molecular flexibility index (Phi) is 12.4. The van der Waals surface area contributed by atoms with Crippen LogP contribution in [-0.2, 0) is 28.6 Å². The molecule has 2 bridgehead atoms. The van der Waals surface area contributed by atoms with E-state index in [-0.39, 0.29) is 41.0 Å². The van der Waals surface area contributed by atoms with Crippen LogP contribution in [0.4, 0.5) is 4.79 Å². The molecule has 10 nitrogen and oxygen atoms in total. The van der Waals surface area contributed by atoms with E-state index < -0.39 is 48.0 Å². The third kappa shape index (κ3) is 8.33. The van der Waals surface area contributed by atoms with Crippen molar-refractivity contribution < 1.29 is 38.5 Å². The zero-order valence-electron chi connectivity index (χ0n) is 24.3. The molecule has 0 fully saturated rings. The number of ether oxygens (including phenoxy) is 3. The van der Waals surface area contributed by atoms with Crippen molar-refractivity contribution in [2.45, 2.75) is 65.5 Å². The van der Waals surface area contributed by atoms with Crippen LogP contribution >= 0.6 is 0 Å². The Morgan fingerprint density at radius 3 is 2.27 bits per heavy atom. The van der Waals surface area contributed by atoms with Gasteiger partial charge in [-0.05, 0) is 49.7 Å². The number of carbonyl (C=O) groups excluding carboxylic acids is 4. The largest absolute Gasteiger partial charge is 0.439 e. The number of ketones is 2. The quantitative estimate of drug-likeness (QED) is 0.291. The Morgan fingerprint density at radius 2 is 1.70 bits per heavy atom. The number of rotatable bonds is 3. The van der Waals surface area contributed by atoms with Gasteiger partial charge in [-0.1, -0.05) is 45.1 Å². The summed E-state index contributed by atoms with van der Waals surface area (Å²) in [6.07, 6.45) is 5.01. The third-order valence-electron chi connectivity index (χ3n) is 7.26. The Bertz CT molecular complexity index is 1120. The van der Waals surface area contributed by atoms with Crippen LogP contribution in [0.5, 0.6) is 0 Å². The average Bonchev–Trinajstić information content (AvgIpc) is 2.86. The van der Waals surface area contributed by atoms with Crippen LogP contribution in [0.15, 0.2) is 58.9 Å². The predicted octanol–water partition coefficient (Wildman–Crippen LogP) is 2.68. The van der Waals surface area contributed by atoms with Crippen LogP contribution in [-0.4, -0.2) is 67.3 Å². The van der Waals surface area contributed by atoms with Crippen LogP contribution in [0.2, 0.25) is 0 Å². The van der Waals surface area contributed by atoms with Crippen molar-refractivity contribution in [3.05, 3.63) is 58.9 Å². The first-order chi connectivity index (χ1) is 18.3. The Balaban J connectivity index is 0.00000800. The molecule has 4 N–H and O–H groups in total. The number of amides is 2. The van der Waals surface area contributed by atoms with Crippen molar-refractivity contribution in [1.82, 2.24) is 5.32 Å². The maximum atomic E-state index is 13.3. The molecule has 0 aromatic carbocycles. The maximum Gasteiger partial charge on any atom is 0.405 e. The van der Waals surface area contributed by atoms with E-state index in [0.717, 1.165) is 6.08 Å². The monoisotopic (exact) mass is 811 g/mol. The van der Waals surface area contributed by atoms with Crippen LogP contribution in [0.25, 0.3) is 0 Å². The number of methoxy groups -OCH3 is 2. The zero-order chi connectivity index (χ0) is 29.4. The number of fused-ring (bicyclic) bond motifs is 2. The molecule has 216 valence electrons. The zero-order valence-corrected chi connectivity index (χ0v) is 30.7. The molecule has 0 aromatic heterocycles. The molecule has 2 rings (SSSR count). The molecule has 11 heteroatoms. The number of hydrogen-bond donors (Lipinski definition) is 3. The summed E-state index contributed by atoms with van der Waals surface area (Å²) in [6, 6.07) is 0. The van der Waals surface area contributed by atoms with E-state index in [2.05, 4.69) is 5.32 Å². The summed E-state index contributed by atoms with van der Waals surface area (Å²) < 4.78 is 16.5. The van der Waals surface area contributed by atoms with Crippen molar-refractivity contribution in [2.24, 2.45) is 23.5 Å². The molecule has 2 amide bonds. The summed E-state index contributed by atoms with van der Waals surface area (Å²) in [5, 5.41) is 13.6. The van der Waals surface area contributed by atoms with Gasteiger partial charge < -0.3 is 30.4 Å². The van der Waals surface area contributed by atoms with E-state index >= 15 is 0 Å². The fourth-order valence-electron chi connectivity index (χ4n) is 4.78. The fourth-order valence-corrected chi connectivity index (χ4v) is 4.78. The van der Waals surface area contributed by atoms with E-state index in [9.17, 15) is 24.3 Å². The van der Waals surface area contributed by atoms with Gasteiger partial charge in [0.25, 0.3) is 5.91 Å². The number of Topliss-reactive ketones (excluding diaryl/α,β-unsaturated/α-hetero) is 1. The first-order valence-electron chi connectivity index (χ1n) is 12.9. The summed E-state index contributed by atoms with van der Waals surface area (Å²) >= 11 is 0. The predicted molar refractivity (Wildman–Crippen MR) is 145 cm³/mol. The standard InChI is InChI=1S/C29H40N2O8.Rf/c1-15-9-8-10-24(37-6)27(39-29(30)36)17(3)11-16(2)19(5)23(33)12-18(4)26(38-7)21-13-20(32)14-22(25(21)34)31-28(15)35;/h8-11,13-14,16,18-19,23-24,26-27,33H,12H2,1-7H3,(H2,30,36)(H,31,35);/b10-8-,15-9+,17-11+;/t16-,18-,19+,23-,24-,26+,27-;/m0./s1. The van der Waals surface area contributed by atoms with E-state index in [1.807, 2.05) is 26.8 Å². The molecular weight excluding hydrogens is 771 g/mol. The SMILES string of the molecule is CO[C@H]1/C=C\C=C(/C)C(=O)NC2=CC(=O)C=C(C2=O)[C@H](OC)[C@@H](C)C[C@H](O)[C@H](C)[C@@H](C)/C=C(\C)[C@@H]1OC(N)=O.[Rf]. The number of nitrogens with two attached hydrogens (primary N) is 1. The van der Waals surface area contributed by atoms with Crippen molar-refractivity contribution in [2.75, 3.05) is 14.2 Å². The molecule has 2 aliphatic rings. The molecule has 0 saturated carbocycles. The van der Waals surface area contributed by atoms with Gasteiger partial charge in [0.15, 0.2) is 11.9 Å². The molecule has 1 aliphatic heterocycles. The van der Waals surface area contributed by atoms with Gasteiger partial charge in [0.05, 0.1) is 17.9 Å². The summed E-state index contributed by atoms with van der Waals surface area (Å²) in [5.41, 5.74) is 6.21. The Labute approximate surface area is 229 Å². The Morgan fingerprint density at radius 1 is 1.05 bits per heavy atom. The number of hydrogen-bond acceptors (Lipinski definition) is 8. The normalized spacial score (nSPS) is 34.1. The summed E-state index contributed by atoms with van der Waals surface area (Å²) in [6.45, 7) is 8.98. The first kappa shape index (κ1) is 33.7. The van der Waals surface area contributed by atoms with Gasteiger partial charge >= 0.3 is 6.09 Å². The van der Waals surface area contributed by atoms with Crippen LogP contribution in [0, 0.1) is 17.8 Å². The minimum absolute atomic E-state index is 0. The van der Waals surface area contributed by atoms with Crippen molar-refractivity contribution in [1.29, 1.82) is 0 Å². The minimum Gasteiger partial charge on any atom is -0.439 e. The molecule has 0 radical (unpaired) electrons. The number of aliphatic hydroxyl groups is 1. The van der Waals surface area contributed by atoms with E-state index in [0.29, 0.717) is 5.57 Å². The number of nitrogens with one attached hydrogen (secondary N) is 1. The van der Waals surface area contributed by atoms with Gasteiger partial charge in [-0.15, -0.1) is 0 Å². The topological polar surface area (TPSA) is 154 Å². The molecule has 0 unspecified atom stereocenters. The van der Waals surface area contributed by atoms with Gasteiger partial charge in [-0.25, -0.2) is 4.79 Å². The smallest absolute Gasteiger partial charge is 0.405 e. The van der Waals surface area contributed by atoms with Crippen LogP contribution in [0.3, 0.4) is 0 Å². The fraction of sp³-hybridized carbons (Fsp3) is 0.517. The van der Waals surface area contributed by atoms with Gasteiger partial charge in [0, 0.05) is 31.4 Å². The molecule has 1 aliphatic carbocycles. The van der Waals surface area contributed by atoms with Gasteiger partial charge in [0.2, 0.25) is 5.78 Å². The molecule has 1 heterocycles. The number of primary amides is 1. The second-order valence-electron chi connectivity index (χ2n) is 10.2. The van der Waals surface area contributed by atoms with E-state index in [1.165, 1.54) is 26.4 Å². The van der Waals surface area contributed by atoms with Gasteiger partial charge in [0.1, 0.15) is 6.10 Å². The molecule has 0 saturated heterocycles. The van der Waals surface area contributed by atoms with Crippen molar-refractivity contribution in [3.8, 4) is 0 Å². The van der Waals surface area contributed by atoms with Crippen molar-refractivity contribution in [3.63, 3.8) is 0 Å². The van der Waals surface area contributed by atoms with Gasteiger partial charge in [-0.2, -0.15) is 0 Å². The molecule has 40 heavy (non-hydrogen) atoms. The van der Waals surface area contributed by atoms with E-state index in [4.69, 9.17) is 19.9 Å². The second kappa shape index (κ2) is 14.7. The molecule has 7 atom stereocenters. The molecule has 0 aromatic rings. The van der Waals surface area contributed by atoms with Crippen LogP contribution < -0.4 is 11.1 Å². The summed E-state index contributed by atoms with van der Waals surface area (Å²) in [5.74, 6) is -2.28. The third-order valence-corrected chi connectivity index (χ3v) is 7.26. The van der Waals surface area contributed by atoms with Crippen LogP contribution in [0.1, 0.15) is 41.0 Å². The molecular formula is C29H40N2O8Rf. The number of carbonyl (C=O) groups is 4. The van der Waals surface area contributed by atoms with Gasteiger partial charge in [-0.3, -0.25) is 14.4 Å². The first-order valence-corrected chi connectivity index (χ1v) is 12.9. The maximum absolute atomic E-state index is 13.3. The minimum atomic E-state index is -0.972.